The van der Waals surface area contributed by atoms with Gasteiger partial charge in [-0.2, -0.15) is 0 Å². The van der Waals surface area contributed by atoms with Gasteiger partial charge in [0.25, 0.3) is 0 Å². The van der Waals surface area contributed by atoms with Gasteiger partial charge in [0.05, 0.1) is 30.9 Å². The SMILES string of the molecule is COC(=O)c1cncc(Nc2cccnc2C)n1. The van der Waals surface area contributed by atoms with E-state index in [0.29, 0.717) is 5.82 Å². The Kier molecular flexibility index (Phi) is 3.47. The van der Waals surface area contributed by atoms with Crippen LogP contribution in [0.5, 0.6) is 0 Å². The van der Waals surface area contributed by atoms with Gasteiger partial charge >= 0.3 is 5.97 Å². The smallest absolute Gasteiger partial charge is 0.358 e. The third kappa shape index (κ3) is 2.60. The molecule has 0 aliphatic carbocycles. The van der Waals surface area contributed by atoms with E-state index < -0.39 is 5.97 Å². The molecule has 0 unspecified atom stereocenters. The Balaban J connectivity index is 2.25. The van der Waals surface area contributed by atoms with Crippen LogP contribution in [-0.4, -0.2) is 28.0 Å². The van der Waals surface area contributed by atoms with Gasteiger partial charge in [0.15, 0.2) is 5.69 Å². The topological polar surface area (TPSA) is 77.0 Å². The summed E-state index contributed by atoms with van der Waals surface area (Å²) in [6, 6.07) is 3.68. The fraction of sp³-hybridized carbons (Fsp3) is 0.167. The van der Waals surface area contributed by atoms with Crippen molar-refractivity contribution in [3.8, 4) is 0 Å². The summed E-state index contributed by atoms with van der Waals surface area (Å²) in [5.74, 6) is -0.0527. The van der Waals surface area contributed by atoms with Crippen molar-refractivity contribution in [2.75, 3.05) is 12.4 Å². The second-order valence-electron chi connectivity index (χ2n) is 3.54. The second-order valence-corrected chi connectivity index (χ2v) is 3.54. The van der Waals surface area contributed by atoms with Gasteiger partial charge < -0.3 is 10.1 Å². The molecule has 2 heterocycles. The van der Waals surface area contributed by atoms with Crippen LogP contribution in [0, 0.1) is 6.92 Å². The lowest BCUT2D eigenvalue weighted by atomic mass is 10.3. The van der Waals surface area contributed by atoms with Gasteiger partial charge in [-0.1, -0.05) is 0 Å². The molecule has 0 radical (unpaired) electrons. The summed E-state index contributed by atoms with van der Waals surface area (Å²) in [6.07, 6.45) is 4.59. The predicted molar refractivity (Wildman–Crippen MR) is 65.6 cm³/mol. The molecule has 0 fully saturated rings. The van der Waals surface area contributed by atoms with Crippen LogP contribution in [0.25, 0.3) is 0 Å². The van der Waals surface area contributed by atoms with E-state index >= 15 is 0 Å². The standard InChI is InChI=1S/C12H12N4O2/c1-8-9(4-3-5-14-8)15-11-7-13-6-10(16-11)12(17)18-2/h3-7H,1-2H3,(H,15,16). The highest BCUT2D eigenvalue weighted by atomic mass is 16.5. The fourth-order valence-electron chi connectivity index (χ4n) is 1.38. The first-order valence-corrected chi connectivity index (χ1v) is 5.29. The first-order chi connectivity index (χ1) is 8.70. The van der Waals surface area contributed by atoms with E-state index in [4.69, 9.17) is 0 Å². The van der Waals surface area contributed by atoms with Crippen LogP contribution in [0.15, 0.2) is 30.7 Å². The third-order valence-electron chi connectivity index (χ3n) is 2.30. The van der Waals surface area contributed by atoms with Gasteiger partial charge in [0.2, 0.25) is 0 Å². The van der Waals surface area contributed by atoms with Crippen molar-refractivity contribution >= 4 is 17.5 Å². The number of nitrogens with one attached hydrogen (secondary N) is 1. The maximum Gasteiger partial charge on any atom is 0.358 e. The number of hydrogen-bond acceptors (Lipinski definition) is 6. The van der Waals surface area contributed by atoms with Crippen molar-refractivity contribution in [3.63, 3.8) is 0 Å². The number of aryl methyl sites for hydroxylation is 1. The Morgan fingerprint density at radius 2 is 2.22 bits per heavy atom. The molecule has 2 aromatic rings. The highest BCUT2D eigenvalue weighted by molar-refractivity contribution is 5.87. The molecule has 18 heavy (non-hydrogen) atoms. The molecule has 0 spiro atoms. The summed E-state index contributed by atoms with van der Waals surface area (Å²) < 4.78 is 4.58. The van der Waals surface area contributed by atoms with Crippen LogP contribution in [0.4, 0.5) is 11.5 Å². The Hall–Kier alpha value is -2.50. The molecule has 0 aliphatic rings. The van der Waals surface area contributed by atoms with Crippen molar-refractivity contribution in [3.05, 3.63) is 42.1 Å². The molecule has 1 N–H and O–H groups in total. The van der Waals surface area contributed by atoms with Crippen molar-refractivity contribution in [1.82, 2.24) is 15.0 Å². The molecule has 0 amide bonds. The van der Waals surface area contributed by atoms with Crippen LogP contribution in [-0.2, 0) is 4.74 Å². The second kappa shape index (κ2) is 5.22. The number of rotatable bonds is 3. The van der Waals surface area contributed by atoms with Gasteiger partial charge in [-0.15, -0.1) is 0 Å². The summed E-state index contributed by atoms with van der Waals surface area (Å²) in [6.45, 7) is 1.87. The van der Waals surface area contributed by atoms with E-state index in [1.165, 1.54) is 19.5 Å². The number of nitrogens with zero attached hydrogens (tertiary/aromatic N) is 3. The highest BCUT2D eigenvalue weighted by Gasteiger charge is 2.09. The molecule has 0 atom stereocenters. The van der Waals surface area contributed by atoms with Gasteiger partial charge in [-0.25, -0.2) is 9.78 Å². The maximum absolute atomic E-state index is 11.3. The van der Waals surface area contributed by atoms with Crippen molar-refractivity contribution in [2.45, 2.75) is 6.92 Å². The molecule has 2 rings (SSSR count). The van der Waals surface area contributed by atoms with E-state index in [-0.39, 0.29) is 5.69 Å². The van der Waals surface area contributed by atoms with Crippen LogP contribution in [0.1, 0.15) is 16.2 Å². The summed E-state index contributed by atoms with van der Waals surface area (Å²) in [7, 11) is 1.30. The number of aromatic nitrogens is 3. The van der Waals surface area contributed by atoms with Crippen LogP contribution >= 0.6 is 0 Å². The number of ether oxygens (including phenoxy) is 1. The van der Waals surface area contributed by atoms with E-state index in [1.807, 2.05) is 19.1 Å². The minimum Gasteiger partial charge on any atom is -0.464 e. The van der Waals surface area contributed by atoms with Gasteiger partial charge in [-0.05, 0) is 19.1 Å². The number of carbonyl (C=O) groups excluding carboxylic acids is 1. The summed E-state index contributed by atoms with van der Waals surface area (Å²) in [5, 5.41) is 3.05. The first-order valence-electron chi connectivity index (χ1n) is 5.29. The first kappa shape index (κ1) is 12.0. The number of esters is 1. The molecular formula is C12H12N4O2. The van der Waals surface area contributed by atoms with Crippen molar-refractivity contribution in [2.24, 2.45) is 0 Å². The van der Waals surface area contributed by atoms with Crippen molar-refractivity contribution < 1.29 is 9.53 Å². The zero-order valence-electron chi connectivity index (χ0n) is 10.0. The van der Waals surface area contributed by atoms with E-state index in [2.05, 4.69) is 25.0 Å². The number of methoxy groups -OCH3 is 1. The molecule has 0 saturated heterocycles. The fourth-order valence-corrected chi connectivity index (χ4v) is 1.38. The lowest BCUT2D eigenvalue weighted by Gasteiger charge is -2.07. The summed E-state index contributed by atoms with van der Waals surface area (Å²) in [4.78, 5) is 23.5. The molecule has 0 bridgehead atoms. The molecule has 6 nitrogen and oxygen atoms in total. The third-order valence-corrected chi connectivity index (χ3v) is 2.30. The van der Waals surface area contributed by atoms with Crippen molar-refractivity contribution in [1.29, 1.82) is 0 Å². The molecule has 0 saturated carbocycles. The number of anilines is 2. The molecule has 92 valence electrons. The summed E-state index contributed by atoms with van der Waals surface area (Å²) in [5.41, 5.74) is 1.81. The minimum absolute atomic E-state index is 0.157. The Bertz CT molecular complexity index is 572. The monoisotopic (exact) mass is 244 g/mol. The van der Waals surface area contributed by atoms with Crippen LogP contribution < -0.4 is 5.32 Å². The number of hydrogen-bond donors (Lipinski definition) is 1. The van der Waals surface area contributed by atoms with E-state index in [1.54, 1.807) is 6.20 Å². The molecular weight excluding hydrogens is 232 g/mol. The average molecular weight is 244 g/mol. The van der Waals surface area contributed by atoms with Gasteiger partial charge in [0, 0.05) is 6.20 Å². The van der Waals surface area contributed by atoms with Gasteiger partial charge in [0.1, 0.15) is 5.82 Å². The Morgan fingerprint density at radius 1 is 1.39 bits per heavy atom. The lowest BCUT2D eigenvalue weighted by molar-refractivity contribution is 0.0593. The predicted octanol–water partition coefficient (Wildman–Crippen LogP) is 1.71. The number of pyridine rings is 1. The largest absolute Gasteiger partial charge is 0.464 e. The average Bonchev–Trinajstić information content (AvgIpc) is 2.41. The Morgan fingerprint density at radius 3 is 2.94 bits per heavy atom. The summed E-state index contributed by atoms with van der Waals surface area (Å²) >= 11 is 0. The molecule has 0 aliphatic heterocycles. The zero-order valence-corrected chi connectivity index (χ0v) is 10.0. The highest BCUT2D eigenvalue weighted by Crippen LogP contribution is 2.16. The molecule has 6 heteroatoms. The molecule has 2 aromatic heterocycles. The lowest BCUT2D eigenvalue weighted by Crippen LogP contribution is -2.07. The Labute approximate surface area is 104 Å². The van der Waals surface area contributed by atoms with Gasteiger partial charge in [-0.3, -0.25) is 9.97 Å². The maximum atomic E-state index is 11.3. The number of carbonyl (C=O) groups is 1. The van der Waals surface area contributed by atoms with Crippen LogP contribution in [0.2, 0.25) is 0 Å². The molecule has 0 aromatic carbocycles. The normalized spacial score (nSPS) is 9.89. The van der Waals surface area contributed by atoms with E-state index in [9.17, 15) is 4.79 Å². The van der Waals surface area contributed by atoms with Crippen LogP contribution in [0.3, 0.4) is 0 Å². The van der Waals surface area contributed by atoms with E-state index in [0.717, 1.165) is 11.4 Å². The zero-order chi connectivity index (χ0) is 13.0. The quantitative estimate of drug-likeness (QED) is 0.828. The minimum atomic E-state index is -0.519.